The number of Topliss-reactive ketones (excluding diaryl/α,β-unsaturated/α-hetero) is 1. The zero-order valence-electron chi connectivity index (χ0n) is 13.8. The Balaban J connectivity index is 1.84. The van der Waals surface area contributed by atoms with Gasteiger partial charge in [0.1, 0.15) is 0 Å². The van der Waals surface area contributed by atoms with E-state index in [2.05, 4.69) is 44.7 Å². The molecule has 0 aliphatic rings. The van der Waals surface area contributed by atoms with Crippen molar-refractivity contribution in [1.82, 2.24) is 4.90 Å². The summed E-state index contributed by atoms with van der Waals surface area (Å²) in [5.74, 6) is 0.0208. The summed E-state index contributed by atoms with van der Waals surface area (Å²) in [6.45, 7) is 1.35. The SMILES string of the molecule is O=C(C(=[Se])N(Cc1ccccc1)Cc1ccccc1)c1ccccc1. The first-order valence-electron chi connectivity index (χ1n) is 8.20. The Morgan fingerprint density at radius 1 is 0.680 bits per heavy atom. The average Bonchev–Trinajstić information content (AvgIpc) is 2.68. The van der Waals surface area contributed by atoms with E-state index in [1.165, 1.54) is 11.1 Å². The third-order valence-corrected chi connectivity index (χ3v) is 4.88. The molecule has 0 aromatic heterocycles. The molecule has 0 amide bonds. The number of carbonyl (C=O) groups is 1. The molecule has 3 aromatic carbocycles. The van der Waals surface area contributed by atoms with E-state index >= 15 is 0 Å². The number of ketones is 1. The van der Waals surface area contributed by atoms with Crippen LogP contribution in [0, 0.1) is 0 Å². The van der Waals surface area contributed by atoms with E-state index in [1.54, 1.807) is 0 Å². The Kier molecular flexibility index (Phi) is 5.94. The van der Waals surface area contributed by atoms with Crippen LogP contribution in [0.1, 0.15) is 21.5 Å². The van der Waals surface area contributed by atoms with Crippen LogP contribution in [0.5, 0.6) is 0 Å². The maximum atomic E-state index is 12.9. The quantitative estimate of drug-likeness (QED) is 0.450. The van der Waals surface area contributed by atoms with E-state index in [1.807, 2.05) is 66.7 Å². The van der Waals surface area contributed by atoms with E-state index in [9.17, 15) is 4.79 Å². The van der Waals surface area contributed by atoms with E-state index in [0.29, 0.717) is 23.2 Å². The summed E-state index contributed by atoms with van der Waals surface area (Å²) in [4.78, 5) is 15.0. The van der Waals surface area contributed by atoms with Crippen LogP contribution in [0.4, 0.5) is 0 Å². The number of hydrogen-bond donors (Lipinski definition) is 0. The molecule has 3 rings (SSSR count). The Bertz CT molecular complexity index is 790. The number of carbonyl (C=O) groups excluding carboxylic acids is 1. The molecule has 0 aliphatic heterocycles. The molecule has 3 aromatic rings. The van der Waals surface area contributed by atoms with Gasteiger partial charge >= 0.3 is 156 Å². The fourth-order valence-corrected chi connectivity index (χ4v) is 3.18. The van der Waals surface area contributed by atoms with Gasteiger partial charge in [0.2, 0.25) is 0 Å². The summed E-state index contributed by atoms with van der Waals surface area (Å²) in [5.41, 5.74) is 3.04. The number of hydrogen-bond acceptors (Lipinski definition) is 2. The van der Waals surface area contributed by atoms with Crippen molar-refractivity contribution in [3.05, 3.63) is 108 Å². The van der Waals surface area contributed by atoms with Crippen molar-refractivity contribution < 1.29 is 4.79 Å². The summed E-state index contributed by atoms with van der Waals surface area (Å²) in [6.07, 6.45) is 0. The Labute approximate surface area is 156 Å². The summed E-state index contributed by atoms with van der Waals surface area (Å²) in [6, 6.07) is 29.8. The summed E-state index contributed by atoms with van der Waals surface area (Å²) in [7, 11) is 0. The third-order valence-electron chi connectivity index (χ3n) is 3.95. The van der Waals surface area contributed by atoms with Gasteiger partial charge in [-0.1, -0.05) is 0 Å². The van der Waals surface area contributed by atoms with Crippen LogP contribution in [-0.4, -0.2) is 30.8 Å². The summed E-state index contributed by atoms with van der Waals surface area (Å²) < 4.78 is 0.638. The maximum absolute atomic E-state index is 12.9. The Morgan fingerprint density at radius 2 is 1.08 bits per heavy atom. The standard InChI is InChI=1S/C22H19NOSe/c24-21(20-14-8-3-9-15-20)22(25)23(16-18-10-4-1-5-11-18)17-19-12-6-2-7-13-19/h1-15H,16-17H2. The first kappa shape index (κ1) is 17.3. The van der Waals surface area contributed by atoms with Crippen LogP contribution < -0.4 is 0 Å². The van der Waals surface area contributed by atoms with Crippen LogP contribution in [0.3, 0.4) is 0 Å². The minimum absolute atomic E-state index is 0.0208. The predicted molar refractivity (Wildman–Crippen MR) is 104 cm³/mol. The van der Waals surface area contributed by atoms with Gasteiger partial charge < -0.3 is 0 Å². The van der Waals surface area contributed by atoms with E-state index < -0.39 is 0 Å². The molecule has 0 N–H and O–H groups in total. The van der Waals surface area contributed by atoms with Crippen molar-refractivity contribution in [2.45, 2.75) is 13.1 Å². The Hall–Kier alpha value is -2.48. The van der Waals surface area contributed by atoms with Crippen LogP contribution in [0.25, 0.3) is 0 Å². The van der Waals surface area contributed by atoms with Gasteiger partial charge in [-0.3, -0.25) is 0 Å². The van der Waals surface area contributed by atoms with Crippen molar-refractivity contribution in [2.75, 3.05) is 0 Å². The third kappa shape index (κ3) is 4.76. The molecule has 25 heavy (non-hydrogen) atoms. The van der Waals surface area contributed by atoms with Crippen LogP contribution in [0.2, 0.25) is 0 Å². The molecule has 0 aliphatic carbocycles. The molecule has 0 radical (unpaired) electrons. The van der Waals surface area contributed by atoms with Gasteiger partial charge in [-0.15, -0.1) is 0 Å². The summed E-state index contributed by atoms with van der Waals surface area (Å²) >= 11 is 3.01. The molecule has 124 valence electrons. The fourth-order valence-electron chi connectivity index (χ4n) is 2.66. The van der Waals surface area contributed by atoms with Gasteiger partial charge in [-0.2, -0.15) is 0 Å². The summed E-state index contributed by atoms with van der Waals surface area (Å²) in [5, 5.41) is 0. The van der Waals surface area contributed by atoms with Crippen molar-refractivity contribution in [2.24, 2.45) is 0 Å². The molecular weight excluding hydrogens is 373 g/mol. The molecule has 0 spiro atoms. The van der Waals surface area contributed by atoms with Crippen molar-refractivity contribution in [1.29, 1.82) is 0 Å². The normalized spacial score (nSPS) is 10.2. The van der Waals surface area contributed by atoms with Gasteiger partial charge in [-0.05, 0) is 0 Å². The van der Waals surface area contributed by atoms with Crippen LogP contribution >= 0.6 is 0 Å². The number of nitrogens with zero attached hydrogens (tertiary/aromatic N) is 1. The molecule has 0 fully saturated rings. The van der Waals surface area contributed by atoms with Gasteiger partial charge in [0.25, 0.3) is 0 Å². The molecule has 0 saturated carbocycles. The van der Waals surface area contributed by atoms with Gasteiger partial charge in [-0.25, -0.2) is 0 Å². The molecule has 0 heterocycles. The zero-order valence-corrected chi connectivity index (χ0v) is 15.6. The molecule has 0 bridgehead atoms. The first-order chi connectivity index (χ1) is 12.2. The molecule has 0 saturated heterocycles. The second-order valence-electron chi connectivity index (χ2n) is 5.83. The van der Waals surface area contributed by atoms with Gasteiger partial charge in [0.05, 0.1) is 0 Å². The van der Waals surface area contributed by atoms with E-state index in [0.717, 1.165) is 0 Å². The molecule has 0 unspecified atom stereocenters. The first-order valence-corrected chi connectivity index (χ1v) is 9.06. The van der Waals surface area contributed by atoms with Crippen molar-refractivity contribution >= 4 is 25.9 Å². The average molecular weight is 392 g/mol. The predicted octanol–water partition coefficient (Wildman–Crippen LogP) is 3.87. The molecule has 0 atom stereocenters. The topological polar surface area (TPSA) is 20.3 Å². The second-order valence-corrected chi connectivity index (χ2v) is 6.64. The van der Waals surface area contributed by atoms with Crippen molar-refractivity contribution in [3.63, 3.8) is 0 Å². The van der Waals surface area contributed by atoms with Gasteiger partial charge in [0.15, 0.2) is 0 Å². The number of rotatable bonds is 7. The molecular formula is C22H19NOSe. The second kappa shape index (κ2) is 8.57. The molecule has 3 heteroatoms. The van der Waals surface area contributed by atoms with Gasteiger partial charge in [0, 0.05) is 0 Å². The van der Waals surface area contributed by atoms with Crippen LogP contribution in [-0.2, 0) is 13.1 Å². The fraction of sp³-hybridized carbons (Fsp3) is 0.0909. The van der Waals surface area contributed by atoms with Crippen molar-refractivity contribution in [3.8, 4) is 0 Å². The number of benzene rings is 3. The minimum atomic E-state index is 0.0208. The van der Waals surface area contributed by atoms with E-state index in [4.69, 9.17) is 0 Å². The van der Waals surface area contributed by atoms with E-state index in [-0.39, 0.29) is 5.78 Å². The molecule has 2 nitrogen and oxygen atoms in total. The zero-order chi connectivity index (χ0) is 17.5. The monoisotopic (exact) mass is 393 g/mol. The van der Waals surface area contributed by atoms with Crippen LogP contribution in [0.15, 0.2) is 91.0 Å². The Morgan fingerprint density at radius 3 is 1.52 bits per heavy atom.